The van der Waals surface area contributed by atoms with Gasteiger partial charge in [-0.1, -0.05) is 12.8 Å². The van der Waals surface area contributed by atoms with Crippen molar-refractivity contribution in [3.8, 4) is 6.07 Å². The molecular weight excluding hydrogens is 224 g/mol. The van der Waals surface area contributed by atoms with Gasteiger partial charge in [0.2, 0.25) is 0 Å². The number of rotatable bonds is 3. The first kappa shape index (κ1) is 13.8. The number of nitrogens with one attached hydrogen (secondary N) is 1. The van der Waals surface area contributed by atoms with Crippen molar-refractivity contribution < 1.29 is 0 Å². The molecule has 0 aromatic carbocycles. The van der Waals surface area contributed by atoms with E-state index in [9.17, 15) is 5.26 Å². The Bertz CT molecular complexity index is 299. The number of hydrogen-bond donors (Lipinski definition) is 1. The van der Waals surface area contributed by atoms with Gasteiger partial charge in [-0.15, -0.1) is 0 Å². The van der Waals surface area contributed by atoms with E-state index in [1.54, 1.807) is 0 Å². The van der Waals surface area contributed by atoms with E-state index in [-0.39, 0.29) is 5.92 Å². The van der Waals surface area contributed by atoms with Crippen molar-refractivity contribution in [3.63, 3.8) is 0 Å². The molecule has 1 N–H and O–H groups in total. The molecule has 1 saturated carbocycles. The molecule has 0 amide bonds. The molecular formula is C14H26N4. The Balaban J connectivity index is 1.80. The Labute approximate surface area is 111 Å². The highest BCUT2D eigenvalue weighted by Crippen LogP contribution is 2.23. The van der Waals surface area contributed by atoms with Gasteiger partial charge in [-0.3, -0.25) is 4.90 Å². The number of likely N-dealkylation sites (N-methyl/N-ethyl adjacent to an activating group) is 2. The molecule has 3 atom stereocenters. The van der Waals surface area contributed by atoms with Gasteiger partial charge in [0, 0.05) is 38.3 Å². The fourth-order valence-corrected chi connectivity index (χ4v) is 3.14. The van der Waals surface area contributed by atoms with Crippen LogP contribution in [0.5, 0.6) is 0 Å². The maximum absolute atomic E-state index is 9.18. The summed E-state index contributed by atoms with van der Waals surface area (Å²) in [4.78, 5) is 4.84. The van der Waals surface area contributed by atoms with Crippen LogP contribution in [0.25, 0.3) is 0 Å². The van der Waals surface area contributed by atoms with Crippen LogP contribution in [-0.4, -0.2) is 62.2 Å². The highest BCUT2D eigenvalue weighted by atomic mass is 15.3. The molecule has 102 valence electrons. The Kier molecular flexibility index (Phi) is 4.99. The zero-order valence-electron chi connectivity index (χ0n) is 11.7. The second kappa shape index (κ2) is 6.51. The predicted octanol–water partition coefficient (Wildman–Crippen LogP) is 0.904. The molecule has 0 aromatic heterocycles. The molecule has 2 aliphatic rings. The summed E-state index contributed by atoms with van der Waals surface area (Å²) in [5.74, 6) is 0.227. The summed E-state index contributed by atoms with van der Waals surface area (Å²) >= 11 is 0. The van der Waals surface area contributed by atoms with Crippen LogP contribution in [0.4, 0.5) is 0 Å². The molecule has 1 saturated heterocycles. The minimum absolute atomic E-state index is 0.227. The van der Waals surface area contributed by atoms with E-state index in [1.165, 1.54) is 19.3 Å². The van der Waals surface area contributed by atoms with Crippen LogP contribution in [0, 0.1) is 17.2 Å². The maximum Gasteiger partial charge on any atom is 0.0672 e. The van der Waals surface area contributed by atoms with E-state index in [0.717, 1.165) is 32.6 Å². The second-order valence-corrected chi connectivity index (χ2v) is 5.93. The number of nitrogens with zero attached hydrogens (tertiary/aromatic N) is 3. The number of nitriles is 1. The lowest BCUT2D eigenvalue weighted by atomic mass is 9.85. The Morgan fingerprint density at radius 2 is 2.00 bits per heavy atom. The van der Waals surface area contributed by atoms with E-state index in [0.29, 0.717) is 12.1 Å². The molecule has 0 spiro atoms. The van der Waals surface area contributed by atoms with Crippen molar-refractivity contribution in [2.24, 2.45) is 5.92 Å². The minimum atomic E-state index is 0.227. The van der Waals surface area contributed by atoms with Gasteiger partial charge < -0.3 is 10.2 Å². The second-order valence-electron chi connectivity index (χ2n) is 5.93. The smallest absolute Gasteiger partial charge is 0.0672 e. The molecule has 1 heterocycles. The maximum atomic E-state index is 9.18. The van der Waals surface area contributed by atoms with Crippen molar-refractivity contribution in [2.75, 3.05) is 40.3 Å². The van der Waals surface area contributed by atoms with Crippen LogP contribution in [0.2, 0.25) is 0 Å². The molecule has 0 bridgehead atoms. The van der Waals surface area contributed by atoms with E-state index >= 15 is 0 Å². The summed E-state index contributed by atoms with van der Waals surface area (Å²) in [5, 5.41) is 12.8. The zero-order chi connectivity index (χ0) is 13.0. The van der Waals surface area contributed by atoms with Gasteiger partial charge in [-0.2, -0.15) is 5.26 Å². The first-order valence-electron chi connectivity index (χ1n) is 7.22. The van der Waals surface area contributed by atoms with Crippen molar-refractivity contribution in [3.05, 3.63) is 0 Å². The number of hydrogen-bond acceptors (Lipinski definition) is 4. The summed E-state index contributed by atoms with van der Waals surface area (Å²) in [7, 11) is 4.40. The third-order valence-corrected chi connectivity index (χ3v) is 4.53. The molecule has 18 heavy (non-hydrogen) atoms. The van der Waals surface area contributed by atoms with Gasteiger partial charge in [0.1, 0.15) is 0 Å². The third-order valence-electron chi connectivity index (χ3n) is 4.53. The average Bonchev–Trinajstić information content (AvgIpc) is 2.40. The summed E-state index contributed by atoms with van der Waals surface area (Å²) in [5.41, 5.74) is 0. The van der Waals surface area contributed by atoms with Gasteiger partial charge in [0.05, 0.1) is 12.0 Å². The van der Waals surface area contributed by atoms with E-state index in [2.05, 4.69) is 35.3 Å². The van der Waals surface area contributed by atoms with E-state index < -0.39 is 0 Å². The largest absolute Gasteiger partial charge is 0.311 e. The first-order chi connectivity index (χ1) is 8.70. The van der Waals surface area contributed by atoms with Crippen molar-refractivity contribution >= 4 is 0 Å². The molecule has 0 aromatic rings. The van der Waals surface area contributed by atoms with Crippen LogP contribution in [0.1, 0.15) is 25.7 Å². The topological polar surface area (TPSA) is 42.3 Å². The average molecular weight is 250 g/mol. The van der Waals surface area contributed by atoms with Gasteiger partial charge in [0.25, 0.3) is 0 Å². The minimum Gasteiger partial charge on any atom is -0.311 e. The van der Waals surface area contributed by atoms with Gasteiger partial charge in [-0.25, -0.2) is 0 Å². The van der Waals surface area contributed by atoms with E-state index in [4.69, 9.17) is 0 Å². The highest BCUT2D eigenvalue weighted by Gasteiger charge is 2.27. The molecule has 1 aliphatic heterocycles. The third kappa shape index (κ3) is 3.44. The molecule has 2 rings (SSSR count). The quantitative estimate of drug-likeness (QED) is 0.808. The molecule has 0 radical (unpaired) electrons. The standard InChI is InChI=1S/C14H26N4/c1-17-7-8-18(2)13(11-17)10-16-14-6-4-3-5-12(14)9-15/h12-14,16H,3-8,10-11H2,1-2H3. The molecule has 2 fully saturated rings. The van der Waals surface area contributed by atoms with Gasteiger partial charge in [-0.05, 0) is 26.9 Å². The lowest BCUT2D eigenvalue weighted by molar-refractivity contribution is 0.108. The molecule has 4 heteroatoms. The highest BCUT2D eigenvalue weighted by molar-refractivity contribution is 4.95. The van der Waals surface area contributed by atoms with E-state index in [1.807, 2.05) is 0 Å². The summed E-state index contributed by atoms with van der Waals surface area (Å²) in [6, 6.07) is 3.48. The van der Waals surface area contributed by atoms with Gasteiger partial charge >= 0.3 is 0 Å². The lowest BCUT2D eigenvalue weighted by Crippen LogP contribution is -2.55. The zero-order valence-corrected chi connectivity index (χ0v) is 11.7. The molecule has 3 unspecified atom stereocenters. The predicted molar refractivity (Wildman–Crippen MR) is 73.3 cm³/mol. The monoisotopic (exact) mass is 250 g/mol. The Hall–Kier alpha value is -0.630. The Morgan fingerprint density at radius 1 is 1.22 bits per heavy atom. The molecule has 4 nitrogen and oxygen atoms in total. The normalized spacial score (nSPS) is 35.3. The van der Waals surface area contributed by atoms with Crippen LogP contribution >= 0.6 is 0 Å². The summed E-state index contributed by atoms with van der Waals surface area (Å²) in [6.45, 7) is 4.46. The SMILES string of the molecule is CN1CCN(C)C(CNC2CCCCC2C#N)C1. The summed E-state index contributed by atoms with van der Waals surface area (Å²) < 4.78 is 0. The Morgan fingerprint density at radius 3 is 2.78 bits per heavy atom. The fraction of sp³-hybridized carbons (Fsp3) is 0.929. The van der Waals surface area contributed by atoms with Crippen LogP contribution < -0.4 is 5.32 Å². The van der Waals surface area contributed by atoms with Crippen molar-refractivity contribution in [1.29, 1.82) is 5.26 Å². The lowest BCUT2D eigenvalue weighted by Gasteiger charge is -2.39. The van der Waals surface area contributed by atoms with Crippen LogP contribution in [-0.2, 0) is 0 Å². The van der Waals surface area contributed by atoms with Crippen molar-refractivity contribution in [1.82, 2.24) is 15.1 Å². The number of piperazine rings is 1. The van der Waals surface area contributed by atoms with Crippen molar-refractivity contribution in [2.45, 2.75) is 37.8 Å². The van der Waals surface area contributed by atoms with Crippen LogP contribution in [0.15, 0.2) is 0 Å². The van der Waals surface area contributed by atoms with Gasteiger partial charge in [0.15, 0.2) is 0 Å². The summed E-state index contributed by atoms with van der Waals surface area (Å²) in [6.07, 6.45) is 4.75. The first-order valence-corrected chi connectivity index (χ1v) is 7.22. The fourth-order valence-electron chi connectivity index (χ4n) is 3.14. The van der Waals surface area contributed by atoms with Crippen LogP contribution in [0.3, 0.4) is 0 Å². The molecule has 1 aliphatic carbocycles.